The van der Waals surface area contributed by atoms with Gasteiger partial charge in [0.25, 0.3) is 0 Å². The van der Waals surface area contributed by atoms with Crippen LogP contribution in [-0.2, 0) is 6.42 Å². The van der Waals surface area contributed by atoms with Crippen molar-refractivity contribution in [3.8, 4) is 0 Å². The van der Waals surface area contributed by atoms with E-state index in [1.54, 1.807) is 6.20 Å². The van der Waals surface area contributed by atoms with E-state index in [9.17, 15) is 4.79 Å². The molecule has 0 saturated heterocycles. The summed E-state index contributed by atoms with van der Waals surface area (Å²) in [4.78, 5) is 15.7. The fourth-order valence-corrected chi connectivity index (χ4v) is 1.59. The fourth-order valence-electron chi connectivity index (χ4n) is 1.59. The number of aliphatic hydroxyl groups excluding tert-OH is 1. The maximum absolute atomic E-state index is 11.5. The lowest BCUT2D eigenvalue weighted by atomic mass is 10.2. The average Bonchev–Trinajstić information content (AvgIpc) is 2.37. The molecule has 0 spiro atoms. The van der Waals surface area contributed by atoms with Gasteiger partial charge in [-0.1, -0.05) is 6.07 Å². The van der Waals surface area contributed by atoms with Crippen molar-refractivity contribution >= 4 is 6.03 Å². The molecule has 0 fully saturated rings. The van der Waals surface area contributed by atoms with Crippen LogP contribution in [0, 0.1) is 0 Å². The number of aliphatic hydroxyl groups is 1. The van der Waals surface area contributed by atoms with Crippen LogP contribution in [0.2, 0.25) is 0 Å². The van der Waals surface area contributed by atoms with E-state index in [1.165, 1.54) is 0 Å². The number of hydrogen-bond acceptors (Lipinski definition) is 3. The number of rotatable bonds is 7. The Labute approximate surface area is 108 Å². The largest absolute Gasteiger partial charge is 0.396 e. The maximum atomic E-state index is 11.5. The van der Waals surface area contributed by atoms with Crippen LogP contribution in [0.15, 0.2) is 24.4 Å². The fraction of sp³-hybridized carbons (Fsp3) is 0.538. The minimum atomic E-state index is -0.170. The van der Waals surface area contributed by atoms with Crippen LogP contribution in [0.5, 0.6) is 0 Å². The van der Waals surface area contributed by atoms with E-state index < -0.39 is 0 Å². The van der Waals surface area contributed by atoms with Gasteiger partial charge in [0, 0.05) is 37.5 Å². The van der Waals surface area contributed by atoms with E-state index in [4.69, 9.17) is 5.11 Å². The summed E-state index contributed by atoms with van der Waals surface area (Å²) in [6.07, 6.45) is 3.95. The molecule has 0 bridgehead atoms. The second kappa shape index (κ2) is 8.47. The van der Waals surface area contributed by atoms with Crippen LogP contribution in [-0.4, -0.2) is 35.3 Å². The number of aromatic nitrogens is 1. The molecular formula is C13H21N3O2. The molecule has 1 unspecified atom stereocenters. The van der Waals surface area contributed by atoms with Gasteiger partial charge in [0.05, 0.1) is 0 Å². The Morgan fingerprint density at radius 1 is 1.50 bits per heavy atom. The van der Waals surface area contributed by atoms with Crippen molar-refractivity contribution in [2.45, 2.75) is 32.2 Å². The average molecular weight is 251 g/mol. The highest BCUT2D eigenvalue weighted by atomic mass is 16.3. The molecule has 2 amide bonds. The van der Waals surface area contributed by atoms with E-state index in [-0.39, 0.29) is 18.7 Å². The van der Waals surface area contributed by atoms with Gasteiger partial charge in [0.1, 0.15) is 0 Å². The minimum Gasteiger partial charge on any atom is -0.396 e. The minimum absolute atomic E-state index is 0.0759. The van der Waals surface area contributed by atoms with Crippen LogP contribution in [0.25, 0.3) is 0 Å². The molecule has 0 aliphatic heterocycles. The van der Waals surface area contributed by atoms with Gasteiger partial charge in [0.15, 0.2) is 0 Å². The predicted octanol–water partition coefficient (Wildman–Crippen LogP) is 1.08. The highest BCUT2D eigenvalue weighted by Gasteiger charge is 2.05. The Bertz CT molecular complexity index is 343. The summed E-state index contributed by atoms with van der Waals surface area (Å²) >= 11 is 0. The Balaban J connectivity index is 2.13. The van der Waals surface area contributed by atoms with Gasteiger partial charge in [-0.05, 0) is 31.9 Å². The monoisotopic (exact) mass is 251 g/mol. The second-order valence-electron chi connectivity index (χ2n) is 4.24. The summed E-state index contributed by atoms with van der Waals surface area (Å²) in [5.41, 5.74) is 0.964. The molecule has 1 atom stereocenters. The summed E-state index contributed by atoms with van der Waals surface area (Å²) in [5, 5.41) is 14.3. The highest BCUT2D eigenvalue weighted by molar-refractivity contribution is 5.74. The number of nitrogens with zero attached hydrogens (tertiary/aromatic N) is 1. The molecule has 0 aliphatic carbocycles. The first-order chi connectivity index (χ1) is 8.72. The lowest BCUT2D eigenvalue weighted by molar-refractivity contribution is 0.234. The van der Waals surface area contributed by atoms with Crippen molar-refractivity contribution in [2.24, 2.45) is 0 Å². The zero-order valence-electron chi connectivity index (χ0n) is 10.7. The Hall–Kier alpha value is -1.62. The smallest absolute Gasteiger partial charge is 0.315 e. The zero-order valence-corrected chi connectivity index (χ0v) is 10.7. The van der Waals surface area contributed by atoms with Crippen molar-refractivity contribution in [1.29, 1.82) is 0 Å². The van der Waals surface area contributed by atoms with Gasteiger partial charge in [-0.3, -0.25) is 4.98 Å². The lowest BCUT2D eigenvalue weighted by Crippen LogP contribution is -2.41. The van der Waals surface area contributed by atoms with Gasteiger partial charge in [-0.2, -0.15) is 0 Å². The van der Waals surface area contributed by atoms with Gasteiger partial charge in [-0.25, -0.2) is 4.79 Å². The number of amides is 2. The van der Waals surface area contributed by atoms with Crippen LogP contribution < -0.4 is 10.6 Å². The number of carbonyl (C=O) groups excluding carboxylic acids is 1. The highest BCUT2D eigenvalue weighted by Crippen LogP contribution is 1.95. The summed E-state index contributed by atoms with van der Waals surface area (Å²) in [6, 6.07) is 5.64. The molecule has 5 nitrogen and oxygen atoms in total. The quantitative estimate of drug-likeness (QED) is 0.679. The van der Waals surface area contributed by atoms with E-state index >= 15 is 0 Å². The van der Waals surface area contributed by atoms with E-state index in [2.05, 4.69) is 15.6 Å². The SMILES string of the molecule is CC(CCCO)NC(=O)NCCc1ccccn1. The number of nitrogens with one attached hydrogen (secondary N) is 2. The molecule has 0 aliphatic rings. The van der Waals surface area contributed by atoms with Gasteiger partial charge in [0.2, 0.25) is 0 Å². The third kappa shape index (κ3) is 6.20. The molecule has 1 aromatic heterocycles. The molecular weight excluding hydrogens is 230 g/mol. The summed E-state index contributed by atoms with van der Waals surface area (Å²) in [7, 11) is 0. The molecule has 3 N–H and O–H groups in total. The van der Waals surface area contributed by atoms with Crippen molar-refractivity contribution < 1.29 is 9.90 Å². The summed E-state index contributed by atoms with van der Waals surface area (Å²) in [6.45, 7) is 2.65. The Kier molecular flexibility index (Phi) is 6.79. The summed E-state index contributed by atoms with van der Waals surface area (Å²) in [5.74, 6) is 0. The number of carbonyl (C=O) groups is 1. The van der Waals surface area contributed by atoms with Crippen LogP contribution in [0.1, 0.15) is 25.5 Å². The van der Waals surface area contributed by atoms with Crippen molar-refractivity contribution in [1.82, 2.24) is 15.6 Å². The van der Waals surface area contributed by atoms with Crippen LogP contribution >= 0.6 is 0 Å². The molecule has 0 aromatic carbocycles. The molecule has 100 valence electrons. The topological polar surface area (TPSA) is 74.2 Å². The normalized spacial score (nSPS) is 11.9. The third-order valence-electron chi connectivity index (χ3n) is 2.57. The van der Waals surface area contributed by atoms with Crippen molar-refractivity contribution in [2.75, 3.05) is 13.2 Å². The van der Waals surface area contributed by atoms with Crippen molar-refractivity contribution in [3.05, 3.63) is 30.1 Å². The Morgan fingerprint density at radius 3 is 3.00 bits per heavy atom. The second-order valence-corrected chi connectivity index (χ2v) is 4.24. The first kappa shape index (κ1) is 14.4. The molecule has 1 heterocycles. The van der Waals surface area contributed by atoms with Crippen molar-refractivity contribution in [3.63, 3.8) is 0 Å². The van der Waals surface area contributed by atoms with Gasteiger partial charge >= 0.3 is 6.03 Å². The van der Waals surface area contributed by atoms with Gasteiger partial charge in [-0.15, -0.1) is 0 Å². The standard InChI is InChI=1S/C13H21N3O2/c1-11(5-4-10-17)16-13(18)15-9-7-12-6-2-3-8-14-12/h2-3,6,8,11,17H,4-5,7,9-10H2,1H3,(H2,15,16,18). The molecule has 1 aromatic rings. The maximum Gasteiger partial charge on any atom is 0.315 e. The first-order valence-electron chi connectivity index (χ1n) is 6.27. The number of urea groups is 1. The molecule has 0 saturated carbocycles. The zero-order chi connectivity index (χ0) is 13.2. The lowest BCUT2D eigenvalue weighted by Gasteiger charge is -2.13. The van der Waals surface area contributed by atoms with Gasteiger partial charge < -0.3 is 15.7 Å². The van der Waals surface area contributed by atoms with Crippen LogP contribution in [0.3, 0.4) is 0 Å². The van der Waals surface area contributed by atoms with E-state index in [0.29, 0.717) is 13.0 Å². The van der Waals surface area contributed by atoms with E-state index in [0.717, 1.165) is 18.5 Å². The third-order valence-corrected chi connectivity index (χ3v) is 2.57. The molecule has 1 rings (SSSR count). The number of hydrogen-bond donors (Lipinski definition) is 3. The predicted molar refractivity (Wildman–Crippen MR) is 70.3 cm³/mol. The molecule has 18 heavy (non-hydrogen) atoms. The Morgan fingerprint density at radius 2 is 2.33 bits per heavy atom. The van der Waals surface area contributed by atoms with E-state index in [1.807, 2.05) is 25.1 Å². The van der Waals surface area contributed by atoms with Crippen LogP contribution in [0.4, 0.5) is 4.79 Å². The first-order valence-corrected chi connectivity index (χ1v) is 6.27. The molecule has 0 radical (unpaired) electrons. The number of pyridine rings is 1. The summed E-state index contributed by atoms with van der Waals surface area (Å²) < 4.78 is 0. The molecule has 5 heteroatoms.